The van der Waals surface area contributed by atoms with E-state index < -0.39 is 0 Å². The maximum Gasteiger partial charge on any atom is 0.193 e. The lowest BCUT2D eigenvalue weighted by atomic mass is 9.89. The van der Waals surface area contributed by atoms with E-state index in [0.717, 1.165) is 31.6 Å². The van der Waals surface area contributed by atoms with Gasteiger partial charge in [0.25, 0.3) is 0 Å². The Morgan fingerprint density at radius 2 is 2.04 bits per heavy atom. The highest BCUT2D eigenvalue weighted by atomic mass is 16.5. The van der Waals surface area contributed by atoms with Crippen molar-refractivity contribution < 1.29 is 4.74 Å². The molecule has 3 rings (SSSR count). The van der Waals surface area contributed by atoms with Crippen molar-refractivity contribution in [3.8, 4) is 0 Å². The lowest BCUT2D eigenvalue weighted by molar-refractivity contribution is -0.0250. The summed E-state index contributed by atoms with van der Waals surface area (Å²) in [6, 6.07) is 16.9. The number of nitrogens with zero attached hydrogens (tertiary/aromatic N) is 1. The molecular weight excluding hydrogens is 322 g/mol. The van der Waals surface area contributed by atoms with Gasteiger partial charge in [0.2, 0.25) is 0 Å². The van der Waals surface area contributed by atoms with Crippen LogP contribution in [-0.2, 0) is 11.2 Å². The Bertz CT molecular complexity index is 739. The standard InChI is InChI=1S/C22H29N3O/c1-3-17-6-4-8-20(14-17)25-22(23)24-15-19-7-5-13-26-21(19)18-11-9-16(2)10-12-18/h4,6,8-12,14,19,21H,3,5,7,13,15H2,1-2H3,(H3,23,24,25). The van der Waals surface area contributed by atoms with Gasteiger partial charge in [0, 0.05) is 24.8 Å². The predicted octanol–water partition coefficient (Wildman–Crippen LogP) is 4.45. The van der Waals surface area contributed by atoms with Crippen LogP contribution in [0.3, 0.4) is 0 Å². The van der Waals surface area contributed by atoms with Gasteiger partial charge in [-0.3, -0.25) is 4.99 Å². The van der Waals surface area contributed by atoms with E-state index in [0.29, 0.717) is 18.4 Å². The highest BCUT2D eigenvalue weighted by Gasteiger charge is 2.27. The number of nitrogens with one attached hydrogen (secondary N) is 1. The number of anilines is 1. The van der Waals surface area contributed by atoms with Crippen LogP contribution in [0.4, 0.5) is 5.69 Å². The van der Waals surface area contributed by atoms with Gasteiger partial charge in [-0.05, 0) is 49.4 Å². The zero-order valence-electron chi connectivity index (χ0n) is 15.7. The van der Waals surface area contributed by atoms with Crippen molar-refractivity contribution in [2.24, 2.45) is 16.6 Å². The van der Waals surface area contributed by atoms with Crippen LogP contribution in [0.1, 0.15) is 42.6 Å². The molecule has 0 bridgehead atoms. The molecule has 2 aromatic rings. The van der Waals surface area contributed by atoms with E-state index in [4.69, 9.17) is 10.5 Å². The van der Waals surface area contributed by atoms with Crippen LogP contribution in [0.15, 0.2) is 53.5 Å². The second-order valence-electron chi connectivity index (χ2n) is 7.01. The second kappa shape index (κ2) is 8.86. The van der Waals surface area contributed by atoms with Gasteiger partial charge in [0.1, 0.15) is 0 Å². The third-order valence-electron chi connectivity index (χ3n) is 4.95. The summed E-state index contributed by atoms with van der Waals surface area (Å²) in [7, 11) is 0. The third-order valence-corrected chi connectivity index (χ3v) is 4.95. The smallest absolute Gasteiger partial charge is 0.193 e. The van der Waals surface area contributed by atoms with Crippen LogP contribution >= 0.6 is 0 Å². The molecule has 2 atom stereocenters. The first-order valence-electron chi connectivity index (χ1n) is 9.49. The van der Waals surface area contributed by atoms with Crippen LogP contribution in [0.5, 0.6) is 0 Å². The predicted molar refractivity (Wildman–Crippen MR) is 109 cm³/mol. The zero-order chi connectivity index (χ0) is 18.4. The average molecular weight is 351 g/mol. The highest BCUT2D eigenvalue weighted by molar-refractivity contribution is 5.92. The zero-order valence-corrected chi connectivity index (χ0v) is 15.7. The molecule has 1 aliphatic heterocycles. The van der Waals surface area contributed by atoms with Crippen molar-refractivity contribution in [2.45, 2.75) is 39.2 Å². The van der Waals surface area contributed by atoms with Crippen molar-refractivity contribution in [3.63, 3.8) is 0 Å². The molecule has 138 valence electrons. The molecule has 3 N–H and O–H groups in total. The highest BCUT2D eigenvalue weighted by Crippen LogP contribution is 2.34. The lowest BCUT2D eigenvalue weighted by Gasteiger charge is -2.31. The Morgan fingerprint density at radius 1 is 1.23 bits per heavy atom. The summed E-state index contributed by atoms with van der Waals surface area (Å²) in [4.78, 5) is 4.60. The summed E-state index contributed by atoms with van der Waals surface area (Å²) in [5.74, 6) is 0.820. The Labute approximate surface area is 156 Å². The van der Waals surface area contributed by atoms with E-state index in [2.05, 4.69) is 60.6 Å². The summed E-state index contributed by atoms with van der Waals surface area (Å²) in [5.41, 5.74) is 10.9. The van der Waals surface area contributed by atoms with Crippen LogP contribution < -0.4 is 11.1 Å². The maximum atomic E-state index is 6.12. The van der Waals surface area contributed by atoms with E-state index in [1.54, 1.807) is 0 Å². The number of benzene rings is 2. The number of aliphatic imine (C=N–C) groups is 1. The molecule has 1 aliphatic rings. The Morgan fingerprint density at radius 3 is 2.81 bits per heavy atom. The first-order valence-corrected chi connectivity index (χ1v) is 9.49. The summed E-state index contributed by atoms with van der Waals surface area (Å²) < 4.78 is 6.07. The van der Waals surface area contributed by atoms with Gasteiger partial charge in [-0.2, -0.15) is 0 Å². The molecule has 4 nitrogen and oxygen atoms in total. The van der Waals surface area contributed by atoms with E-state index >= 15 is 0 Å². The van der Waals surface area contributed by atoms with Gasteiger partial charge in [-0.1, -0.05) is 48.9 Å². The van der Waals surface area contributed by atoms with Crippen molar-refractivity contribution >= 4 is 11.6 Å². The quantitative estimate of drug-likeness (QED) is 0.618. The third kappa shape index (κ3) is 4.85. The second-order valence-corrected chi connectivity index (χ2v) is 7.01. The molecule has 1 fully saturated rings. The van der Waals surface area contributed by atoms with Gasteiger partial charge in [-0.15, -0.1) is 0 Å². The van der Waals surface area contributed by atoms with E-state index in [-0.39, 0.29) is 6.10 Å². The Balaban J connectivity index is 1.65. The molecule has 0 aliphatic carbocycles. The van der Waals surface area contributed by atoms with Crippen LogP contribution in [0, 0.1) is 12.8 Å². The SMILES string of the molecule is CCc1cccc(NC(N)=NCC2CCCOC2c2ccc(C)cc2)c1. The first kappa shape index (κ1) is 18.5. The van der Waals surface area contributed by atoms with Crippen molar-refractivity contribution in [3.05, 3.63) is 65.2 Å². The van der Waals surface area contributed by atoms with E-state index in [1.807, 2.05) is 12.1 Å². The molecule has 4 heteroatoms. The van der Waals surface area contributed by atoms with Gasteiger partial charge in [0.05, 0.1) is 6.10 Å². The van der Waals surface area contributed by atoms with E-state index in [9.17, 15) is 0 Å². The van der Waals surface area contributed by atoms with Crippen LogP contribution in [0.25, 0.3) is 0 Å². The molecule has 0 spiro atoms. The fourth-order valence-corrected chi connectivity index (χ4v) is 3.43. The largest absolute Gasteiger partial charge is 0.373 e. The summed E-state index contributed by atoms with van der Waals surface area (Å²) in [6.07, 6.45) is 3.29. The van der Waals surface area contributed by atoms with Gasteiger partial charge in [-0.25, -0.2) is 0 Å². The van der Waals surface area contributed by atoms with Gasteiger partial charge in [0.15, 0.2) is 5.96 Å². The van der Waals surface area contributed by atoms with Crippen LogP contribution in [0.2, 0.25) is 0 Å². The Kier molecular flexibility index (Phi) is 6.29. The number of hydrogen-bond donors (Lipinski definition) is 2. The number of rotatable bonds is 5. The summed E-state index contributed by atoms with van der Waals surface area (Å²) >= 11 is 0. The van der Waals surface area contributed by atoms with Crippen molar-refractivity contribution in [1.82, 2.24) is 0 Å². The molecule has 1 heterocycles. The minimum atomic E-state index is 0.101. The molecule has 1 saturated heterocycles. The van der Waals surface area contributed by atoms with Gasteiger partial charge >= 0.3 is 0 Å². The summed E-state index contributed by atoms with van der Waals surface area (Å²) in [5, 5.41) is 3.21. The molecule has 0 amide bonds. The number of guanidine groups is 1. The van der Waals surface area contributed by atoms with Crippen LogP contribution in [-0.4, -0.2) is 19.1 Å². The fraction of sp³-hybridized carbons (Fsp3) is 0.409. The number of nitrogens with two attached hydrogens (primary N) is 1. The fourth-order valence-electron chi connectivity index (χ4n) is 3.43. The summed E-state index contributed by atoms with van der Waals surface area (Å²) in [6.45, 7) is 5.74. The number of aryl methyl sites for hydroxylation is 2. The van der Waals surface area contributed by atoms with Gasteiger partial charge < -0.3 is 15.8 Å². The van der Waals surface area contributed by atoms with Crippen molar-refractivity contribution in [2.75, 3.05) is 18.5 Å². The normalized spacial score (nSPS) is 20.8. The van der Waals surface area contributed by atoms with Crippen molar-refractivity contribution in [1.29, 1.82) is 0 Å². The Hall–Kier alpha value is -2.33. The minimum Gasteiger partial charge on any atom is -0.373 e. The number of ether oxygens (including phenoxy) is 1. The van der Waals surface area contributed by atoms with E-state index in [1.165, 1.54) is 16.7 Å². The topological polar surface area (TPSA) is 59.6 Å². The molecule has 0 radical (unpaired) electrons. The lowest BCUT2D eigenvalue weighted by Crippen LogP contribution is -2.28. The molecule has 0 aromatic heterocycles. The molecular formula is C22H29N3O. The maximum absolute atomic E-state index is 6.12. The molecule has 2 unspecified atom stereocenters. The molecule has 0 saturated carbocycles. The minimum absolute atomic E-state index is 0.101. The first-order chi connectivity index (χ1) is 12.7. The average Bonchev–Trinajstić information content (AvgIpc) is 2.67. The molecule has 26 heavy (non-hydrogen) atoms. The molecule has 2 aromatic carbocycles. The number of hydrogen-bond acceptors (Lipinski definition) is 2. The monoisotopic (exact) mass is 351 g/mol.